The third kappa shape index (κ3) is 1.26. The van der Waals surface area contributed by atoms with Gasteiger partial charge in [0.15, 0.2) is 0 Å². The van der Waals surface area contributed by atoms with Gasteiger partial charge in [-0.3, -0.25) is 0 Å². The van der Waals surface area contributed by atoms with Crippen LogP contribution in [-0.2, 0) is 4.65 Å². The van der Waals surface area contributed by atoms with Crippen molar-refractivity contribution in [2.45, 2.75) is 46.3 Å². The summed E-state index contributed by atoms with van der Waals surface area (Å²) in [6.45, 7) is 10.0. The summed E-state index contributed by atoms with van der Waals surface area (Å²) in [6.07, 6.45) is 2.86. The zero-order valence-electron chi connectivity index (χ0n) is 10.2. The maximum Gasteiger partial charge on any atom is 0.292 e. The van der Waals surface area contributed by atoms with Gasteiger partial charge < -0.3 is 4.65 Å². The molecule has 0 N–H and O–H groups in total. The third-order valence-corrected chi connectivity index (χ3v) is 5.39. The zero-order valence-corrected chi connectivity index (χ0v) is 10.2. The van der Waals surface area contributed by atoms with Crippen molar-refractivity contribution >= 4 is 6.92 Å². The fourth-order valence-electron chi connectivity index (χ4n) is 3.98. The van der Waals surface area contributed by atoms with Crippen LogP contribution in [0.5, 0.6) is 0 Å². The molecule has 4 unspecified atom stereocenters. The average Bonchev–Trinajstić information content (AvgIpc) is 2.16. The fraction of sp³-hybridized carbons (Fsp3) is 1.00. The van der Waals surface area contributed by atoms with E-state index < -0.39 is 0 Å². The highest BCUT2D eigenvalue weighted by Gasteiger charge is 2.57. The molecule has 2 bridgehead atoms. The molecular weight excluding hydrogens is 171 g/mol. The lowest BCUT2D eigenvalue weighted by molar-refractivity contribution is -0.101. The Labute approximate surface area is 88.7 Å². The van der Waals surface area contributed by atoms with Crippen LogP contribution in [0.4, 0.5) is 0 Å². The molecule has 0 aliphatic heterocycles. The number of hydrogen-bond donors (Lipinski definition) is 0. The van der Waals surface area contributed by atoms with E-state index in [1.165, 1.54) is 12.8 Å². The molecule has 0 aromatic carbocycles. The first kappa shape index (κ1) is 10.5. The highest BCUT2D eigenvalue weighted by atomic mass is 16.4. The summed E-state index contributed by atoms with van der Waals surface area (Å²) >= 11 is 0. The first-order valence-corrected chi connectivity index (χ1v) is 6.01. The number of hydrogen-bond acceptors (Lipinski definition) is 1. The average molecular weight is 194 g/mol. The van der Waals surface area contributed by atoms with Crippen LogP contribution < -0.4 is 0 Å². The molecule has 3 rings (SSSR count). The lowest BCUT2D eigenvalue weighted by Crippen LogP contribution is -2.55. The standard InChI is InChI=1S/C12H23BO/c1-8-10-6-9(12(10,2)3)7-11(8)13(4)14-5/h8-11H,6-7H2,1-5H3. The van der Waals surface area contributed by atoms with Gasteiger partial charge in [0.25, 0.3) is 6.92 Å². The predicted octanol–water partition coefficient (Wildman–Crippen LogP) is 3.33. The van der Waals surface area contributed by atoms with E-state index in [0.29, 0.717) is 12.3 Å². The minimum Gasteiger partial charge on any atom is -0.438 e. The largest absolute Gasteiger partial charge is 0.438 e. The first-order chi connectivity index (χ1) is 6.48. The van der Waals surface area contributed by atoms with Gasteiger partial charge in [0.05, 0.1) is 0 Å². The maximum absolute atomic E-state index is 5.50. The van der Waals surface area contributed by atoms with Crippen molar-refractivity contribution < 1.29 is 4.65 Å². The van der Waals surface area contributed by atoms with Crippen molar-refractivity contribution in [2.24, 2.45) is 23.2 Å². The van der Waals surface area contributed by atoms with Crippen molar-refractivity contribution in [1.29, 1.82) is 0 Å². The Morgan fingerprint density at radius 1 is 1.29 bits per heavy atom. The second-order valence-corrected chi connectivity index (χ2v) is 6.06. The Morgan fingerprint density at radius 3 is 2.36 bits per heavy atom. The lowest BCUT2D eigenvalue weighted by Gasteiger charge is -2.62. The zero-order chi connectivity index (χ0) is 10.5. The lowest BCUT2D eigenvalue weighted by atomic mass is 9.36. The molecule has 0 spiro atoms. The fourth-order valence-corrected chi connectivity index (χ4v) is 3.98. The molecule has 0 amide bonds. The van der Waals surface area contributed by atoms with Crippen LogP contribution in [0.1, 0.15) is 33.6 Å². The molecule has 0 aromatic heterocycles. The van der Waals surface area contributed by atoms with Gasteiger partial charge in [-0.15, -0.1) is 0 Å². The van der Waals surface area contributed by atoms with Crippen molar-refractivity contribution in [3.05, 3.63) is 0 Å². The summed E-state index contributed by atoms with van der Waals surface area (Å²) in [7, 11) is 1.85. The summed E-state index contributed by atoms with van der Waals surface area (Å²) < 4.78 is 5.50. The molecule has 2 heteroatoms. The molecule has 1 nitrogen and oxygen atoms in total. The van der Waals surface area contributed by atoms with Gasteiger partial charge in [-0.1, -0.05) is 34.0 Å². The summed E-state index contributed by atoms with van der Waals surface area (Å²) in [5, 5.41) is 0. The van der Waals surface area contributed by atoms with E-state index in [1.807, 2.05) is 7.11 Å². The minimum atomic E-state index is 0.450. The van der Waals surface area contributed by atoms with E-state index in [1.54, 1.807) is 0 Å². The van der Waals surface area contributed by atoms with E-state index in [-0.39, 0.29) is 0 Å². The van der Waals surface area contributed by atoms with E-state index in [9.17, 15) is 0 Å². The summed E-state index contributed by atoms with van der Waals surface area (Å²) in [5.41, 5.74) is 0.614. The SMILES string of the molecule is COB(C)C1CC2CC(C1C)C2(C)C. The maximum atomic E-state index is 5.50. The molecule has 0 radical (unpaired) electrons. The minimum absolute atomic E-state index is 0.450. The van der Waals surface area contributed by atoms with Gasteiger partial charge >= 0.3 is 0 Å². The second-order valence-electron chi connectivity index (χ2n) is 6.06. The molecular formula is C12H23BO. The smallest absolute Gasteiger partial charge is 0.292 e. The van der Waals surface area contributed by atoms with Crippen LogP contribution in [0.3, 0.4) is 0 Å². The summed E-state index contributed by atoms with van der Waals surface area (Å²) in [5.74, 6) is 3.57. The predicted molar refractivity (Wildman–Crippen MR) is 61.5 cm³/mol. The quantitative estimate of drug-likeness (QED) is 0.612. The Kier molecular flexibility index (Phi) is 2.46. The van der Waals surface area contributed by atoms with Gasteiger partial charge in [-0.2, -0.15) is 0 Å². The van der Waals surface area contributed by atoms with Gasteiger partial charge in [0.2, 0.25) is 0 Å². The van der Waals surface area contributed by atoms with Crippen LogP contribution in [0.25, 0.3) is 0 Å². The van der Waals surface area contributed by atoms with Crippen molar-refractivity contribution in [2.75, 3.05) is 7.11 Å². The van der Waals surface area contributed by atoms with Crippen molar-refractivity contribution in [3.8, 4) is 0 Å². The molecule has 80 valence electrons. The van der Waals surface area contributed by atoms with Crippen LogP contribution in [0.2, 0.25) is 12.6 Å². The molecule has 3 fully saturated rings. The summed E-state index contributed by atoms with van der Waals surface area (Å²) in [6, 6.07) is 0. The van der Waals surface area contributed by atoms with Gasteiger partial charge in [-0.25, -0.2) is 0 Å². The Hall–Kier alpha value is 0.0249. The molecule has 0 aromatic rings. The highest BCUT2D eigenvalue weighted by Crippen LogP contribution is 2.64. The van der Waals surface area contributed by atoms with Crippen molar-refractivity contribution in [3.63, 3.8) is 0 Å². The van der Waals surface area contributed by atoms with Gasteiger partial charge in [0.1, 0.15) is 0 Å². The topological polar surface area (TPSA) is 9.23 Å². The van der Waals surface area contributed by atoms with Gasteiger partial charge in [-0.05, 0) is 35.4 Å². The molecule has 0 saturated heterocycles. The normalized spacial score (nSPS) is 44.4. The molecule has 14 heavy (non-hydrogen) atoms. The van der Waals surface area contributed by atoms with Crippen LogP contribution in [0.15, 0.2) is 0 Å². The Bertz CT molecular complexity index is 226. The molecule has 3 aliphatic rings. The van der Waals surface area contributed by atoms with Crippen LogP contribution >= 0.6 is 0 Å². The highest BCUT2D eigenvalue weighted by molar-refractivity contribution is 6.52. The molecule has 4 atom stereocenters. The second kappa shape index (κ2) is 3.26. The third-order valence-electron chi connectivity index (χ3n) is 5.39. The van der Waals surface area contributed by atoms with E-state index in [4.69, 9.17) is 4.65 Å². The molecule has 0 heterocycles. The number of fused-ring (bicyclic) bond motifs is 2. The molecule has 3 aliphatic carbocycles. The summed E-state index contributed by atoms with van der Waals surface area (Å²) in [4.78, 5) is 0. The van der Waals surface area contributed by atoms with Crippen LogP contribution in [-0.4, -0.2) is 14.0 Å². The van der Waals surface area contributed by atoms with E-state index >= 15 is 0 Å². The Morgan fingerprint density at radius 2 is 1.93 bits per heavy atom. The number of rotatable bonds is 2. The Balaban J connectivity index is 2.08. The monoisotopic (exact) mass is 194 g/mol. The van der Waals surface area contributed by atoms with Gasteiger partial charge in [0, 0.05) is 7.11 Å². The molecule has 3 saturated carbocycles. The first-order valence-electron chi connectivity index (χ1n) is 6.01. The van der Waals surface area contributed by atoms with Crippen molar-refractivity contribution in [1.82, 2.24) is 0 Å². The van der Waals surface area contributed by atoms with E-state index in [0.717, 1.165) is 23.6 Å². The van der Waals surface area contributed by atoms with Crippen LogP contribution in [0, 0.1) is 23.2 Å². The van der Waals surface area contributed by atoms with E-state index in [2.05, 4.69) is 27.6 Å².